The number of carbonyl (C=O) groups is 3. The van der Waals surface area contributed by atoms with Crippen molar-refractivity contribution in [3.8, 4) is 45.3 Å². The first kappa shape index (κ1) is 59.6. The van der Waals surface area contributed by atoms with Gasteiger partial charge in [-0.15, -0.1) is 0 Å². The lowest BCUT2D eigenvalue weighted by Gasteiger charge is -2.26. The van der Waals surface area contributed by atoms with Crippen molar-refractivity contribution in [2.45, 2.75) is 26.9 Å². The van der Waals surface area contributed by atoms with Gasteiger partial charge in [-0.3, -0.25) is 24.6 Å². The molecule has 17 nitrogen and oxygen atoms in total. The summed E-state index contributed by atoms with van der Waals surface area (Å²) in [6.45, 7) is 12.8. The number of aromatic nitrogens is 2. The summed E-state index contributed by atoms with van der Waals surface area (Å²) < 4.78 is 28.5. The van der Waals surface area contributed by atoms with Gasteiger partial charge in [0.1, 0.15) is 23.0 Å². The smallest absolute Gasteiger partial charge is 0.323 e. The lowest BCUT2D eigenvalue weighted by Crippen LogP contribution is -2.35. The van der Waals surface area contributed by atoms with Gasteiger partial charge in [0.2, 0.25) is 0 Å². The zero-order valence-electron chi connectivity index (χ0n) is 49.2. The van der Waals surface area contributed by atoms with Crippen LogP contribution in [-0.2, 0) is 22.6 Å². The third-order valence-corrected chi connectivity index (χ3v) is 14.9. The van der Waals surface area contributed by atoms with E-state index in [0.717, 1.165) is 132 Å². The van der Waals surface area contributed by atoms with Crippen LogP contribution >= 0.6 is 0 Å². The number of rotatable bonds is 18. The number of morpholine rings is 2. The number of carbonyl (C=O) groups excluding carboxylic acids is 3. The molecule has 88 heavy (non-hydrogen) atoms. The Morgan fingerprint density at radius 3 is 1.40 bits per heavy atom. The minimum absolute atomic E-state index is 0.285. The van der Waals surface area contributed by atoms with Gasteiger partial charge in [0.05, 0.1) is 73.8 Å². The van der Waals surface area contributed by atoms with E-state index in [9.17, 15) is 14.4 Å². The maximum atomic E-state index is 13.4. The molecule has 0 saturated carbocycles. The molecule has 2 fully saturated rings. The highest BCUT2D eigenvalue weighted by molar-refractivity contribution is 6.12. The van der Waals surface area contributed by atoms with Crippen molar-refractivity contribution < 1.29 is 38.1 Å². The molecule has 5 amide bonds. The number of hydrogen-bond acceptors (Lipinski definition) is 12. The quantitative estimate of drug-likeness (QED) is 0.0547. The molecule has 5 N–H and O–H groups in total. The highest BCUT2D eigenvalue weighted by atomic mass is 16.5. The molecule has 4 heterocycles. The largest absolute Gasteiger partial charge is 0.492 e. The van der Waals surface area contributed by atoms with Crippen molar-refractivity contribution in [1.82, 2.24) is 19.8 Å². The topological polar surface area (TPSA) is 190 Å². The number of urea groups is 2. The lowest BCUT2D eigenvalue weighted by atomic mass is 9.98. The maximum absolute atomic E-state index is 13.4. The SMILES string of the molecule is CCOc1cc(NC(=O)c2ccccc2)c(OCC)cc1NC(=O)Nc1ccc(-c2ccc(CN3CCOCC3)nc2)c2ccccc12.O=C(Nc1cccc(Oc2ccccc2)c1)Nc1ccc(-c2ccc(CN3CCOCC3)nc2)c2ccccc12. The monoisotopic (exact) mass is 1180 g/mol. The van der Waals surface area contributed by atoms with E-state index in [1.54, 1.807) is 42.5 Å². The first-order valence-corrected chi connectivity index (χ1v) is 29.6. The molecule has 10 aromatic rings. The van der Waals surface area contributed by atoms with E-state index in [-0.39, 0.29) is 11.9 Å². The number of ether oxygens (including phenoxy) is 5. The molecule has 2 saturated heterocycles. The third kappa shape index (κ3) is 15.4. The summed E-state index contributed by atoms with van der Waals surface area (Å²) in [5.41, 5.74) is 9.55. The van der Waals surface area contributed by atoms with Crippen LogP contribution < -0.4 is 40.8 Å². The highest BCUT2D eigenvalue weighted by Crippen LogP contribution is 2.39. The van der Waals surface area contributed by atoms with Crippen molar-refractivity contribution in [2.75, 3.05) is 92.4 Å². The first-order chi connectivity index (χ1) is 43.2. The summed E-state index contributed by atoms with van der Waals surface area (Å²) in [5, 5.41) is 18.6. The Hall–Kier alpha value is -10.2. The van der Waals surface area contributed by atoms with Crippen LogP contribution in [0.15, 0.2) is 207 Å². The molecular formula is C71H69N9O8. The Bertz CT molecular complexity index is 3990. The summed E-state index contributed by atoms with van der Waals surface area (Å²) in [4.78, 5) is 53.5. The zero-order valence-corrected chi connectivity index (χ0v) is 49.2. The molecule has 2 aliphatic rings. The van der Waals surface area contributed by atoms with Gasteiger partial charge in [0.25, 0.3) is 5.91 Å². The molecule has 8 aromatic carbocycles. The summed E-state index contributed by atoms with van der Waals surface area (Å²) in [5.74, 6) is 1.89. The summed E-state index contributed by atoms with van der Waals surface area (Å²) in [6.07, 6.45) is 3.84. The molecule has 0 spiro atoms. The number of amides is 5. The predicted octanol–water partition coefficient (Wildman–Crippen LogP) is 14.6. The summed E-state index contributed by atoms with van der Waals surface area (Å²) in [7, 11) is 0. The number of hydrogen-bond donors (Lipinski definition) is 5. The molecular weight excluding hydrogens is 1110 g/mol. The van der Waals surface area contributed by atoms with Gasteiger partial charge in [-0.1, -0.05) is 115 Å². The van der Waals surface area contributed by atoms with E-state index in [4.69, 9.17) is 33.7 Å². The number of pyridine rings is 2. The average molecular weight is 1180 g/mol. The second-order valence-corrected chi connectivity index (χ2v) is 20.9. The van der Waals surface area contributed by atoms with E-state index in [1.165, 1.54) is 0 Å². The molecule has 0 aliphatic carbocycles. The van der Waals surface area contributed by atoms with Crippen molar-refractivity contribution >= 4 is 68.0 Å². The van der Waals surface area contributed by atoms with Crippen molar-refractivity contribution in [2.24, 2.45) is 0 Å². The van der Waals surface area contributed by atoms with Gasteiger partial charge in [-0.05, 0) is 96.4 Å². The molecule has 0 unspecified atom stereocenters. The highest BCUT2D eigenvalue weighted by Gasteiger charge is 2.20. The third-order valence-electron chi connectivity index (χ3n) is 14.9. The molecule has 0 atom stereocenters. The molecule has 0 bridgehead atoms. The number of benzene rings is 8. The standard InChI is InChI=1S/C38H39N5O5.C33H30N4O3/c1-3-47-35-23-34(36(48-4-2)22-33(35)40-37(44)26-10-6-5-7-11-26)42-38(45)41-32-17-16-29(30-12-8-9-13-31(30)32)27-14-15-28(39-24-27)25-43-18-20-46-21-19-43;38-33(35-25-7-6-10-28(21-25)40-27-8-2-1-3-9-27)36-32-16-15-29(30-11-4-5-12-31(30)32)24-13-14-26(34-22-24)23-37-17-19-39-20-18-37/h5-17,22-24H,3-4,18-21,25H2,1-2H3,(H,40,44)(H2,41,42,45);1-16,21-22H,17-20,23H2,(H2,35,36,38). The Balaban J connectivity index is 0.000000185. The van der Waals surface area contributed by atoms with Gasteiger partial charge in [-0.25, -0.2) is 9.59 Å². The molecule has 2 aliphatic heterocycles. The summed E-state index contributed by atoms with van der Waals surface area (Å²) >= 11 is 0. The average Bonchev–Trinajstić information content (AvgIpc) is 1.78. The van der Waals surface area contributed by atoms with Gasteiger partial charge >= 0.3 is 12.1 Å². The van der Waals surface area contributed by atoms with Crippen molar-refractivity contribution in [1.29, 1.82) is 0 Å². The maximum Gasteiger partial charge on any atom is 0.323 e. The van der Waals surface area contributed by atoms with Crippen LogP contribution in [0.25, 0.3) is 43.8 Å². The van der Waals surface area contributed by atoms with Gasteiger partial charge in [0.15, 0.2) is 0 Å². The van der Waals surface area contributed by atoms with Crippen LogP contribution in [0.4, 0.5) is 38.0 Å². The Labute approximate surface area is 511 Å². The van der Waals surface area contributed by atoms with E-state index in [2.05, 4.69) is 66.7 Å². The molecule has 12 rings (SSSR count). The number of anilines is 5. The molecule has 2 aromatic heterocycles. The van der Waals surface area contributed by atoms with Crippen LogP contribution in [-0.4, -0.2) is 104 Å². The van der Waals surface area contributed by atoms with E-state index >= 15 is 0 Å². The minimum Gasteiger partial charge on any atom is -0.492 e. The first-order valence-electron chi connectivity index (χ1n) is 29.6. The van der Waals surface area contributed by atoms with Gasteiger partial charge in [0, 0.05) is 103 Å². The van der Waals surface area contributed by atoms with Crippen molar-refractivity contribution in [3.05, 3.63) is 223 Å². The fourth-order valence-corrected chi connectivity index (χ4v) is 10.6. The number of nitrogens with zero attached hydrogens (tertiary/aromatic N) is 4. The number of para-hydroxylation sites is 1. The number of fused-ring (bicyclic) bond motifs is 2. The normalized spacial score (nSPS) is 13.3. The zero-order chi connectivity index (χ0) is 60.4. The van der Waals surface area contributed by atoms with Gasteiger partial charge < -0.3 is 50.3 Å². The van der Waals surface area contributed by atoms with E-state index in [1.807, 2.05) is 148 Å². The second kappa shape index (κ2) is 29.3. The predicted molar refractivity (Wildman–Crippen MR) is 348 cm³/mol. The Morgan fingerprint density at radius 2 is 0.898 bits per heavy atom. The fourth-order valence-electron chi connectivity index (χ4n) is 10.6. The Kier molecular flexibility index (Phi) is 19.8. The summed E-state index contributed by atoms with van der Waals surface area (Å²) in [6, 6.07) is 60.6. The van der Waals surface area contributed by atoms with Crippen LogP contribution in [0.3, 0.4) is 0 Å². The van der Waals surface area contributed by atoms with Crippen LogP contribution in [0.2, 0.25) is 0 Å². The Morgan fingerprint density at radius 1 is 0.443 bits per heavy atom. The van der Waals surface area contributed by atoms with Crippen LogP contribution in [0, 0.1) is 0 Å². The van der Waals surface area contributed by atoms with Crippen LogP contribution in [0.5, 0.6) is 23.0 Å². The van der Waals surface area contributed by atoms with Gasteiger partial charge in [-0.2, -0.15) is 0 Å². The minimum atomic E-state index is -0.452. The van der Waals surface area contributed by atoms with E-state index in [0.29, 0.717) is 58.8 Å². The molecule has 17 heteroatoms. The molecule has 446 valence electrons. The fraction of sp³-hybridized carbons (Fsp3) is 0.197. The molecule has 0 radical (unpaired) electrons. The van der Waals surface area contributed by atoms with Crippen LogP contribution in [0.1, 0.15) is 35.6 Å². The number of nitrogens with one attached hydrogen (secondary N) is 5. The lowest BCUT2D eigenvalue weighted by molar-refractivity contribution is 0.0336. The van der Waals surface area contributed by atoms with E-state index < -0.39 is 6.03 Å². The second-order valence-electron chi connectivity index (χ2n) is 20.9. The van der Waals surface area contributed by atoms with Crippen molar-refractivity contribution in [3.63, 3.8) is 0 Å².